The lowest BCUT2D eigenvalue weighted by Gasteiger charge is -2.24. The van der Waals surface area contributed by atoms with Gasteiger partial charge in [-0.3, -0.25) is 9.88 Å². The van der Waals surface area contributed by atoms with Crippen LogP contribution >= 0.6 is 0 Å². The Labute approximate surface area is 117 Å². The lowest BCUT2D eigenvalue weighted by atomic mass is 10.2. The van der Waals surface area contributed by atoms with Crippen molar-refractivity contribution in [3.63, 3.8) is 0 Å². The predicted octanol–water partition coefficient (Wildman–Crippen LogP) is 2.81. The van der Waals surface area contributed by atoms with E-state index >= 15 is 0 Å². The van der Waals surface area contributed by atoms with Crippen molar-refractivity contribution in [2.24, 2.45) is 5.92 Å². The van der Waals surface area contributed by atoms with Gasteiger partial charge in [0.2, 0.25) is 0 Å². The third-order valence-corrected chi connectivity index (χ3v) is 3.97. The smallest absolute Gasteiger partial charge is 0.0547 e. The normalized spacial score (nSPS) is 17.2. The Morgan fingerprint density at radius 1 is 1.26 bits per heavy atom. The van der Waals surface area contributed by atoms with Crippen LogP contribution in [0.25, 0.3) is 0 Å². The summed E-state index contributed by atoms with van der Waals surface area (Å²) in [6.07, 6.45) is 2.80. The largest absolute Gasteiger partial charge is 0.309 e. The molecule has 1 saturated carbocycles. The van der Waals surface area contributed by atoms with Crippen molar-refractivity contribution in [1.82, 2.24) is 15.2 Å². The molecule has 0 saturated heterocycles. The minimum absolute atomic E-state index is 0.503. The zero-order valence-electron chi connectivity index (χ0n) is 12.7. The summed E-state index contributed by atoms with van der Waals surface area (Å²) in [5.74, 6) is 0.913. The first-order valence-corrected chi connectivity index (χ1v) is 7.44. The highest BCUT2D eigenvalue weighted by atomic mass is 15.1. The van der Waals surface area contributed by atoms with Crippen LogP contribution in [0, 0.1) is 5.92 Å². The Bertz CT molecular complexity index is 399. The summed E-state index contributed by atoms with van der Waals surface area (Å²) in [6, 6.07) is 7.54. The quantitative estimate of drug-likeness (QED) is 0.818. The number of nitrogens with zero attached hydrogens (tertiary/aromatic N) is 2. The molecule has 1 unspecified atom stereocenters. The van der Waals surface area contributed by atoms with Crippen molar-refractivity contribution in [2.45, 2.75) is 58.8 Å². The average molecular weight is 261 g/mol. The fourth-order valence-electron chi connectivity index (χ4n) is 2.36. The molecule has 3 heteroatoms. The molecule has 19 heavy (non-hydrogen) atoms. The fourth-order valence-corrected chi connectivity index (χ4v) is 2.36. The zero-order valence-corrected chi connectivity index (χ0v) is 12.7. The van der Waals surface area contributed by atoms with E-state index in [1.165, 1.54) is 18.5 Å². The van der Waals surface area contributed by atoms with Crippen molar-refractivity contribution in [2.75, 3.05) is 7.05 Å². The highest BCUT2D eigenvalue weighted by Gasteiger charge is 2.30. The molecule has 106 valence electrons. The van der Waals surface area contributed by atoms with Crippen molar-refractivity contribution in [3.8, 4) is 0 Å². The molecule has 0 aliphatic heterocycles. The first-order valence-electron chi connectivity index (χ1n) is 7.44. The van der Waals surface area contributed by atoms with Gasteiger partial charge in [-0.15, -0.1) is 0 Å². The van der Waals surface area contributed by atoms with E-state index in [0.29, 0.717) is 12.1 Å². The van der Waals surface area contributed by atoms with Gasteiger partial charge in [0.25, 0.3) is 0 Å². The molecule has 0 amide bonds. The van der Waals surface area contributed by atoms with E-state index in [1.54, 1.807) is 0 Å². The molecule has 1 fully saturated rings. The molecule has 0 bridgehead atoms. The third-order valence-electron chi connectivity index (χ3n) is 3.97. The number of aromatic nitrogens is 1. The predicted molar refractivity (Wildman–Crippen MR) is 79.9 cm³/mol. The lowest BCUT2D eigenvalue weighted by Crippen LogP contribution is -2.30. The first kappa shape index (κ1) is 14.5. The summed E-state index contributed by atoms with van der Waals surface area (Å²) in [6.45, 7) is 8.46. The fraction of sp³-hybridized carbons (Fsp3) is 0.688. The molecule has 1 aliphatic rings. The van der Waals surface area contributed by atoms with E-state index in [2.05, 4.69) is 56.2 Å². The molecular formula is C16H27N3. The molecule has 1 heterocycles. The van der Waals surface area contributed by atoms with Gasteiger partial charge in [-0.1, -0.05) is 19.9 Å². The Kier molecular flexibility index (Phi) is 4.94. The van der Waals surface area contributed by atoms with Gasteiger partial charge >= 0.3 is 0 Å². The molecule has 3 nitrogen and oxygen atoms in total. The van der Waals surface area contributed by atoms with Gasteiger partial charge in [-0.2, -0.15) is 0 Å². The maximum atomic E-state index is 4.74. The molecule has 0 aromatic carbocycles. The molecule has 0 radical (unpaired) electrons. The minimum atomic E-state index is 0.503. The monoisotopic (exact) mass is 261 g/mol. The highest BCUT2D eigenvalue weighted by Crippen LogP contribution is 2.34. The van der Waals surface area contributed by atoms with Crippen molar-refractivity contribution >= 4 is 0 Å². The second-order valence-electron chi connectivity index (χ2n) is 6.15. The van der Waals surface area contributed by atoms with Crippen molar-refractivity contribution < 1.29 is 0 Å². The van der Waals surface area contributed by atoms with E-state index in [9.17, 15) is 0 Å². The molecular weight excluding hydrogens is 234 g/mol. The summed E-state index contributed by atoms with van der Waals surface area (Å²) >= 11 is 0. The molecule has 1 N–H and O–H groups in total. The molecule has 1 aromatic rings. The van der Waals surface area contributed by atoms with Crippen LogP contribution in [-0.4, -0.2) is 29.0 Å². The Balaban J connectivity index is 1.90. The zero-order chi connectivity index (χ0) is 13.8. The van der Waals surface area contributed by atoms with E-state index in [-0.39, 0.29) is 0 Å². The highest BCUT2D eigenvalue weighted by molar-refractivity contribution is 5.11. The van der Waals surface area contributed by atoms with Crippen LogP contribution in [0.2, 0.25) is 0 Å². The van der Waals surface area contributed by atoms with E-state index in [0.717, 1.165) is 24.7 Å². The second-order valence-corrected chi connectivity index (χ2v) is 6.15. The van der Waals surface area contributed by atoms with Crippen LogP contribution in [0.5, 0.6) is 0 Å². The topological polar surface area (TPSA) is 28.2 Å². The molecule has 1 atom stereocenters. The Hall–Kier alpha value is -0.930. The Morgan fingerprint density at radius 3 is 2.58 bits per heavy atom. The lowest BCUT2D eigenvalue weighted by molar-refractivity contribution is 0.224. The number of nitrogens with one attached hydrogen (secondary N) is 1. The molecule has 1 aliphatic carbocycles. The van der Waals surface area contributed by atoms with Gasteiger partial charge in [-0.05, 0) is 44.9 Å². The first-order chi connectivity index (χ1) is 9.06. The van der Waals surface area contributed by atoms with Crippen LogP contribution in [0.4, 0.5) is 0 Å². The van der Waals surface area contributed by atoms with E-state index < -0.39 is 0 Å². The van der Waals surface area contributed by atoms with Gasteiger partial charge in [-0.25, -0.2) is 0 Å². The van der Waals surface area contributed by atoms with Crippen LogP contribution in [0.3, 0.4) is 0 Å². The standard InChI is InChI=1S/C16H27N3/c1-12(2)17-10-15-6-5-7-16(18-15)11-19(4)13(3)14-8-9-14/h5-7,12-14,17H,8-11H2,1-4H3. The summed E-state index contributed by atoms with van der Waals surface area (Å²) in [7, 11) is 2.21. The maximum absolute atomic E-state index is 4.74. The summed E-state index contributed by atoms with van der Waals surface area (Å²) in [4.78, 5) is 7.17. The number of hydrogen-bond donors (Lipinski definition) is 1. The minimum Gasteiger partial charge on any atom is -0.309 e. The number of hydrogen-bond acceptors (Lipinski definition) is 3. The SMILES string of the molecule is CC(C)NCc1cccc(CN(C)C(C)C2CC2)n1. The molecule has 1 aromatic heterocycles. The van der Waals surface area contributed by atoms with Gasteiger partial charge < -0.3 is 5.32 Å². The number of pyridine rings is 1. The van der Waals surface area contributed by atoms with Crippen LogP contribution in [-0.2, 0) is 13.1 Å². The van der Waals surface area contributed by atoms with Gasteiger partial charge in [0.15, 0.2) is 0 Å². The van der Waals surface area contributed by atoms with E-state index in [1.807, 2.05) is 0 Å². The summed E-state index contributed by atoms with van der Waals surface area (Å²) < 4.78 is 0. The van der Waals surface area contributed by atoms with E-state index in [4.69, 9.17) is 4.98 Å². The molecule has 2 rings (SSSR count). The van der Waals surface area contributed by atoms with Crippen LogP contribution in [0.1, 0.15) is 45.0 Å². The van der Waals surface area contributed by atoms with Crippen LogP contribution in [0.15, 0.2) is 18.2 Å². The second kappa shape index (κ2) is 6.49. The number of rotatable bonds is 7. The Morgan fingerprint density at radius 2 is 1.95 bits per heavy atom. The van der Waals surface area contributed by atoms with Crippen molar-refractivity contribution in [3.05, 3.63) is 29.6 Å². The summed E-state index contributed by atoms with van der Waals surface area (Å²) in [5, 5.41) is 3.42. The summed E-state index contributed by atoms with van der Waals surface area (Å²) in [5.41, 5.74) is 2.32. The van der Waals surface area contributed by atoms with Gasteiger partial charge in [0, 0.05) is 25.2 Å². The maximum Gasteiger partial charge on any atom is 0.0547 e. The third kappa shape index (κ3) is 4.59. The average Bonchev–Trinajstić information content (AvgIpc) is 3.20. The van der Waals surface area contributed by atoms with Gasteiger partial charge in [0.05, 0.1) is 11.4 Å². The molecule has 0 spiro atoms. The van der Waals surface area contributed by atoms with Gasteiger partial charge in [0.1, 0.15) is 0 Å². The van der Waals surface area contributed by atoms with Crippen molar-refractivity contribution in [1.29, 1.82) is 0 Å². The van der Waals surface area contributed by atoms with Crippen LogP contribution < -0.4 is 5.32 Å².